The molecule has 0 spiro atoms. The summed E-state index contributed by atoms with van der Waals surface area (Å²) in [6.07, 6.45) is 1.18. The van der Waals surface area contributed by atoms with Crippen LogP contribution in [0.15, 0.2) is 24.3 Å². The maximum atomic E-state index is 5.76. The Hall–Kier alpha value is -0.530. The summed E-state index contributed by atoms with van der Waals surface area (Å²) in [5.41, 5.74) is 1.18. The van der Waals surface area contributed by atoms with Crippen LogP contribution in [-0.4, -0.2) is 7.11 Å². The highest BCUT2D eigenvalue weighted by Gasteiger charge is 2.06. The number of halogens is 1. The molecule has 1 aromatic carbocycles. The zero-order valence-electron chi connectivity index (χ0n) is 7.38. The summed E-state index contributed by atoms with van der Waals surface area (Å²) in [5, 5.41) is 0.768. The maximum Gasteiger partial charge on any atom is 0.0818 e. The van der Waals surface area contributed by atoms with E-state index in [0.717, 1.165) is 11.4 Å². The zero-order valence-corrected chi connectivity index (χ0v) is 8.14. The van der Waals surface area contributed by atoms with Gasteiger partial charge in [0.25, 0.3) is 0 Å². The Morgan fingerprint density at radius 1 is 1.33 bits per heavy atom. The van der Waals surface area contributed by atoms with Gasteiger partial charge in [0.2, 0.25) is 0 Å². The second-order valence-corrected chi connectivity index (χ2v) is 3.12. The number of ether oxygens (including phenoxy) is 1. The van der Waals surface area contributed by atoms with Crippen molar-refractivity contribution in [1.29, 1.82) is 0 Å². The first-order valence-corrected chi connectivity index (χ1v) is 4.44. The van der Waals surface area contributed by atoms with E-state index in [1.54, 1.807) is 7.11 Å². The number of methoxy groups -OCH3 is 1. The predicted octanol–water partition coefficient (Wildman–Crippen LogP) is 3.44. The Labute approximate surface area is 78.3 Å². The molecule has 0 bridgehead atoms. The van der Waals surface area contributed by atoms with Crippen LogP contribution in [0.3, 0.4) is 0 Å². The lowest BCUT2D eigenvalue weighted by Gasteiger charge is -2.12. The fourth-order valence-electron chi connectivity index (χ4n) is 1.22. The normalized spacial score (nSPS) is 12.9. The largest absolute Gasteiger partial charge is 0.377 e. The van der Waals surface area contributed by atoms with E-state index in [2.05, 4.69) is 6.92 Å². The molecule has 0 aliphatic carbocycles. The third kappa shape index (κ3) is 2.23. The second-order valence-electron chi connectivity index (χ2n) is 2.68. The van der Waals surface area contributed by atoms with Crippen LogP contribution < -0.4 is 0 Å². The Morgan fingerprint density at radius 2 is 1.92 bits per heavy atom. The molecule has 1 aromatic rings. The fourth-order valence-corrected chi connectivity index (χ4v) is 1.34. The monoisotopic (exact) mass is 184 g/mol. The molecule has 0 aromatic heterocycles. The molecule has 0 saturated carbocycles. The van der Waals surface area contributed by atoms with E-state index in [0.29, 0.717) is 0 Å². The van der Waals surface area contributed by atoms with Gasteiger partial charge in [-0.1, -0.05) is 30.7 Å². The van der Waals surface area contributed by atoms with E-state index in [4.69, 9.17) is 16.3 Å². The van der Waals surface area contributed by atoms with Crippen molar-refractivity contribution in [3.8, 4) is 0 Å². The lowest BCUT2D eigenvalue weighted by molar-refractivity contribution is 0.100. The van der Waals surface area contributed by atoms with Gasteiger partial charge in [0.05, 0.1) is 6.10 Å². The molecule has 0 aliphatic rings. The molecule has 0 aliphatic heterocycles. The molecule has 0 saturated heterocycles. The molecule has 1 nitrogen and oxygen atoms in total. The van der Waals surface area contributed by atoms with Crippen molar-refractivity contribution >= 4 is 11.6 Å². The Balaban J connectivity index is 2.80. The minimum atomic E-state index is 0.197. The highest BCUT2D eigenvalue weighted by atomic mass is 35.5. The van der Waals surface area contributed by atoms with Gasteiger partial charge in [0, 0.05) is 12.1 Å². The van der Waals surface area contributed by atoms with Gasteiger partial charge in [-0.25, -0.2) is 0 Å². The van der Waals surface area contributed by atoms with E-state index in [1.165, 1.54) is 5.56 Å². The topological polar surface area (TPSA) is 9.23 Å². The first-order valence-electron chi connectivity index (χ1n) is 4.06. The van der Waals surface area contributed by atoms with Crippen molar-refractivity contribution in [2.75, 3.05) is 7.11 Å². The minimum Gasteiger partial charge on any atom is -0.377 e. The van der Waals surface area contributed by atoms with E-state index >= 15 is 0 Å². The number of hydrogen-bond acceptors (Lipinski definition) is 1. The van der Waals surface area contributed by atoms with Gasteiger partial charge in [-0.15, -0.1) is 0 Å². The van der Waals surface area contributed by atoms with Gasteiger partial charge in [0.15, 0.2) is 0 Å². The highest BCUT2D eigenvalue weighted by Crippen LogP contribution is 2.21. The van der Waals surface area contributed by atoms with Gasteiger partial charge in [0.1, 0.15) is 0 Å². The van der Waals surface area contributed by atoms with E-state index in [9.17, 15) is 0 Å². The molecule has 0 N–H and O–H groups in total. The zero-order chi connectivity index (χ0) is 8.97. The van der Waals surface area contributed by atoms with Crippen LogP contribution in [-0.2, 0) is 4.74 Å². The van der Waals surface area contributed by atoms with Crippen molar-refractivity contribution < 1.29 is 4.74 Å². The molecule has 0 heterocycles. The SMILES string of the molecule is CC[C@H](OC)c1ccc(Cl)cc1. The van der Waals surface area contributed by atoms with Crippen LogP contribution in [0, 0.1) is 0 Å². The van der Waals surface area contributed by atoms with Gasteiger partial charge < -0.3 is 4.74 Å². The molecule has 0 unspecified atom stereocenters. The summed E-state index contributed by atoms with van der Waals surface area (Å²) in [6.45, 7) is 2.10. The molecule has 0 radical (unpaired) electrons. The molecule has 0 fully saturated rings. The summed E-state index contributed by atoms with van der Waals surface area (Å²) in [4.78, 5) is 0. The number of benzene rings is 1. The quantitative estimate of drug-likeness (QED) is 0.700. The molecular formula is C10H13ClO. The first-order chi connectivity index (χ1) is 5.77. The maximum absolute atomic E-state index is 5.76. The summed E-state index contributed by atoms with van der Waals surface area (Å²) >= 11 is 5.76. The van der Waals surface area contributed by atoms with Crippen LogP contribution in [0.4, 0.5) is 0 Å². The fraction of sp³-hybridized carbons (Fsp3) is 0.400. The second kappa shape index (κ2) is 4.48. The van der Waals surface area contributed by atoms with Crippen molar-refractivity contribution in [2.45, 2.75) is 19.4 Å². The van der Waals surface area contributed by atoms with Crippen molar-refractivity contribution in [3.05, 3.63) is 34.9 Å². The first kappa shape index (κ1) is 9.56. The molecule has 66 valence electrons. The van der Waals surface area contributed by atoms with Crippen molar-refractivity contribution in [1.82, 2.24) is 0 Å². The molecule has 2 heteroatoms. The van der Waals surface area contributed by atoms with E-state index in [1.807, 2.05) is 24.3 Å². The van der Waals surface area contributed by atoms with Gasteiger partial charge >= 0.3 is 0 Å². The van der Waals surface area contributed by atoms with Crippen molar-refractivity contribution in [3.63, 3.8) is 0 Å². The lowest BCUT2D eigenvalue weighted by atomic mass is 10.1. The van der Waals surface area contributed by atoms with E-state index < -0.39 is 0 Å². The van der Waals surface area contributed by atoms with Gasteiger partial charge in [-0.3, -0.25) is 0 Å². The summed E-state index contributed by atoms with van der Waals surface area (Å²) in [5.74, 6) is 0. The minimum absolute atomic E-state index is 0.197. The van der Waals surface area contributed by atoms with Crippen LogP contribution >= 0.6 is 11.6 Å². The third-order valence-electron chi connectivity index (χ3n) is 1.90. The predicted molar refractivity (Wildman–Crippen MR) is 51.5 cm³/mol. The highest BCUT2D eigenvalue weighted by molar-refractivity contribution is 6.30. The molecule has 12 heavy (non-hydrogen) atoms. The summed E-state index contributed by atoms with van der Waals surface area (Å²) in [6, 6.07) is 7.77. The Bertz CT molecular complexity index is 226. The molecular weight excluding hydrogens is 172 g/mol. The van der Waals surface area contributed by atoms with E-state index in [-0.39, 0.29) is 6.10 Å². The lowest BCUT2D eigenvalue weighted by Crippen LogP contribution is -1.98. The number of rotatable bonds is 3. The third-order valence-corrected chi connectivity index (χ3v) is 2.15. The average molecular weight is 185 g/mol. The van der Waals surface area contributed by atoms with Gasteiger partial charge in [-0.2, -0.15) is 0 Å². The van der Waals surface area contributed by atoms with Gasteiger partial charge in [-0.05, 0) is 24.1 Å². The Kier molecular flexibility index (Phi) is 3.57. The molecule has 0 amide bonds. The standard InChI is InChI=1S/C10H13ClO/c1-3-10(12-2)8-4-6-9(11)7-5-8/h4-7,10H,3H2,1-2H3/t10-/m0/s1. The Morgan fingerprint density at radius 3 is 2.33 bits per heavy atom. The summed E-state index contributed by atoms with van der Waals surface area (Å²) in [7, 11) is 1.72. The molecule has 1 atom stereocenters. The van der Waals surface area contributed by atoms with Crippen LogP contribution in [0.2, 0.25) is 5.02 Å². The van der Waals surface area contributed by atoms with Crippen LogP contribution in [0.5, 0.6) is 0 Å². The number of hydrogen-bond donors (Lipinski definition) is 0. The van der Waals surface area contributed by atoms with Crippen LogP contribution in [0.1, 0.15) is 25.0 Å². The smallest absolute Gasteiger partial charge is 0.0818 e. The average Bonchev–Trinajstić information content (AvgIpc) is 2.10. The molecule has 1 rings (SSSR count). The van der Waals surface area contributed by atoms with Crippen LogP contribution in [0.25, 0.3) is 0 Å². The van der Waals surface area contributed by atoms with Crippen molar-refractivity contribution in [2.24, 2.45) is 0 Å². The summed E-state index contributed by atoms with van der Waals surface area (Å²) < 4.78 is 5.28.